The van der Waals surface area contributed by atoms with Gasteiger partial charge in [0, 0.05) is 25.8 Å². The number of amides is 2. The largest absolute Gasteiger partial charge is 0.438 e. The van der Waals surface area contributed by atoms with Gasteiger partial charge in [-0.25, -0.2) is 9.18 Å². The van der Waals surface area contributed by atoms with Crippen LogP contribution in [0.25, 0.3) is 0 Å². The molecule has 1 aliphatic heterocycles. The molecule has 1 fully saturated rings. The highest BCUT2D eigenvalue weighted by Gasteiger charge is 2.43. The molecule has 166 valence electrons. The van der Waals surface area contributed by atoms with Crippen LogP contribution < -0.4 is 10.5 Å². The molecule has 1 heterocycles. The molecule has 0 saturated carbocycles. The summed E-state index contributed by atoms with van der Waals surface area (Å²) in [5.74, 6) is -0.932. The lowest BCUT2D eigenvalue weighted by molar-refractivity contribution is -0.121. The number of halogens is 3. The van der Waals surface area contributed by atoms with Crippen molar-refractivity contribution in [3.05, 3.63) is 65.5 Å². The zero-order valence-corrected chi connectivity index (χ0v) is 16.9. The summed E-state index contributed by atoms with van der Waals surface area (Å²) < 4.78 is 48.2. The number of alkyl halides is 2. The number of cyclic esters (lactones) is 1. The van der Waals surface area contributed by atoms with Crippen LogP contribution in [0.1, 0.15) is 43.4 Å². The molecule has 2 atom stereocenters. The number of nitrogens with two attached hydrogens (primary N) is 1. The fraction of sp³-hybridized carbons (Fsp3) is 0.364. The maximum absolute atomic E-state index is 13.4. The Morgan fingerprint density at radius 1 is 1.19 bits per heavy atom. The number of rotatable bonds is 8. The Morgan fingerprint density at radius 3 is 2.39 bits per heavy atom. The molecule has 6 nitrogen and oxygen atoms in total. The van der Waals surface area contributed by atoms with Crippen LogP contribution in [0, 0.1) is 5.82 Å². The summed E-state index contributed by atoms with van der Waals surface area (Å²) in [6, 6.07) is 11.2. The minimum Gasteiger partial charge on any atom is -0.438 e. The van der Waals surface area contributed by atoms with Crippen LogP contribution in [0.4, 0.5) is 18.0 Å². The lowest BCUT2D eigenvalue weighted by Crippen LogP contribution is -2.49. The lowest BCUT2D eigenvalue weighted by Gasteiger charge is -2.43. The van der Waals surface area contributed by atoms with Gasteiger partial charge in [0.25, 0.3) is 0 Å². The third-order valence-electron chi connectivity index (χ3n) is 5.47. The summed E-state index contributed by atoms with van der Waals surface area (Å²) in [7, 11) is 0. The predicted octanol–water partition coefficient (Wildman–Crippen LogP) is 4.49. The van der Waals surface area contributed by atoms with E-state index in [0.717, 1.165) is 0 Å². The van der Waals surface area contributed by atoms with Gasteiger partial charge in [-0.1, -0.05) is 24.3 Å². The quantitative estimate of drug-likeness (QED) is 0.661. The number of hydrogen-bond donors (Lipinski definition) is 1. The van der Waals surface area contributed by atoms with Crippen LogP contribution in [-0.2, 0) is 15.1 Å². The fourth-order valence-corrected chi connectivity index (χ4v) is 3.73. The van der Waals surface area contributed by atoms with E-state index in [1.165, 1.54) is 41.3 Å². The monoisotopic (exact) mass is 436 g/mol. The minimum absolute atomic E-state index is 0.00576. The molecule has 2 N–H and O–H groups in total. The molecule has 1 unspecified atom stereocenters. The van der Waals surface area contributed by atoms with Gasteiger partial charge >= 0.3 is 12.7 Å². The molecule has 9 heteroatoms. The van der Waals surface area contributed by atoms with Gasteiger partial charge in [0.1, 0.15) is 17.2 Å². The molecule has 0 bridgehead atoms. The molecule has 0 aliphatic carbocycles. The normalized spacial score (nSPS) is 19.8. The maximum atomic E-state index is 13.4. The summed E-state index contributed by atoms with van der Waals surface area (Å²) in [4.78, 5) is 25.8. The molecule has 2 amide bonds. The van der Waals surface area contributed by atoms with E-state index < -0.39 is 36.1 Å². The summed E-state index contributed by atoms with van der Waals surface area (Å²) >= 11 is 0. The van der Waals surface area contributed by atoms with Crippen LogP contribution in [0.2, 0.25) is 0 Å². The van der Waals surface area contributed by atoms with Crippen LogP contribution in [0.5, 0.6) is 5.75 Å². The number of carbonyl (C=O) groups is 2. The van der Waals surface area contributed by atoms with E-state index in [-0.39, 0.29) is 18.6 Å². The molecule has 2 aromatic carbocycles. The van der Waals surface area contributed by atoms with Gasteiger partial charge in [-0.05, 0) is 42.3 Å². The van der Waals surface area contributed by atoms with Crippen molar-refractivity contribution in [2.45, 2.75) is 44.4 Å². The van der Waals surface area contributed by atoms with Gasteiger partial charge in [-0.15, -0.1) is 0 Å². The van der Waals surface area contributed by atoms with E-state index in [9.17, 15) is 22.8 Å². The summed E-state index contributed by atoms with van der Waals surface area (Å²) in [5, 5.41) is 0. The first kappa shape index (κ1) is 22.5. The van der Waals surface area contributed by atoms with Gasteiger partial charge < -0.3 is 20.1 Å². The van der Waals surface area contributed by atoms with Crippen molar-refractivity contribution in [3.8, 4) is 5.75 Å². The Bertz CT molecular complexity index is 921. The Hall–Kier alpha value is -3.23. The zero-order valence-electron chi connectivity index (χ0n) is 16.9. The number of nitrogens with zero attached hydrogens (tertiary/aromatic N) is 1. The van der Waals surface area contributed by atoms with Gasteiger partial charge in [-0.3, -0.25) is 4.79 Å². The highest BCUT2D eigenvalue weighted by atomic mass is 19.3. The number of primary amides is 1. The van der Waals surface area contributed by atoms with Crippen LogP contribution in [-0.4, -0.2) is 30.1 Å². The van der Waals surface area contributed by atoms with E-state index in [4.69, 9.17) is 10.5 Å². The van der Waals surface area contributed by atoms with E-state index >= 15 is 0 Å². The first-order valence-corrected chi connectivity index (χ1v) is 9.79. The summed E-state index contributed by atoms with van der Waals surface area (Å²) in [6.45, 7) is -0.815. The number of ether oxygens (including phenoxy) is 2. The summed E-state index contributed by atoms with van der Waals surface area (Å²) in [6.07, 6.45) is -0.0393. The predicted molar refractivity (Wildman–Crippen MR) is 106 cm³/mol. The van der Waals surface area contributed by atoms with Crippen molar-refractivity contribution in [1.82, 2.24) is 4.90 Å². The number of carbonyl (C=O) groups excluding carboxylic acids is 2. The highest BCUT2D eigenvalue weighted by Crippen LogP contribution is 2.40. The number of hydrogen-bond acceptors (Lipinski definition) is 4. The Morgan fingerprint density at radius 2 is 1.84 bits per heavy atom. The third-order valence-corrected chi connectivity index (χ3v) is 5.47. The number of benzene rings is 2. The molecule has 0 spiro atoms. The topological polar surface area (TPSA) is 81.9 Å². The lowest BCUT2D eigenvalue weighted by atomic mass is 9.84. The Labute approximate surface area is 177 Å². The molecular weight excluding hydrogens is 413 g/mol. The maximum Gasteiger partial charge on any atom is 0.411 e. The average molecular weight is 436 g/mol. The van der Waals surface area contributed by atoms with Gasteiger partial charge in [0.2, 0.25) is 5.91 Å². The van der Waals surface area contributed by atoms with Crippen molar-refractivity contribution in [1.29, 1.82) is 0 Å². The standard InChI is InChI=1S/C22H23F3N2O4/c1-14(15-2-8-18(9-3-15)30-20(24)25)27-13-12-22(31-21(27)29,11-10-19(26)28)16-4-6-17(23)7-5-16/h2-9,14,20H,10-13H2,1H3,(H2,26,28)/t14-,22?/m0/s1. The molecule has 3 rings (SSSR count). The first-order valence-electron chi connectivity index (χ1n) is 9.79. The van der Waals surface area contributed by atoms with Crippen LogP contribution in [0.3, 0.4) is 0 Å². The van der Waals surface area contributed by atoms with Crippen LogP contribution in [0.15, 0.2) is 48.5 Å². The first-order chi connectivity index (χ1) is 14.7. The molecule has 1 saturated heterocycles. The van der Waals surface area contributed by atoms with Crippen molar-refractivity contribution < 1.29 is 32.2 Å². The molecule has 0 radical (unpaired) electrons. The smallest absolute Gasteiger partial charge is 0.411 e. The van der Waals surface area contributed by atoms with Crippen molar-refractivity contribution in [2.75, 3.05) is 6.54 Å². The van der Waals surface area contributed by atoms with Gasteiger partial charge in [0.05, 0.1) is 6.04 Å². The second-order valence-corrected chi connectivity index (χ2v) is 7.40. The van der Waals surface area contributed by atoms with Crippen molar-refractivity contribution in [3.63, 3.8) is 0 Å². The average Bonchev–Trinajstić information content (AvgIpc) is 2.72. The SMILES string of the molecule is C[C@@H](c1ccc(OC(F)F)cc1)N1CCC(CCC(N)=O)(c2ccc(F)cc2)OC1=O. The van der Waals surface area contributed by atoms with Crippen LogP contribution >= 0.6 is 0 Å². The van der Waals surface area contributed by atoms with Crippen molar-refractivity contribution >= 4 is 12.0 Å². The van der Waals surface area contributed by atoms with E-state index in [1.54, 1.807) is 19.1 Å². The van der Waals surface area contributed by atoms with E-state index in [1.807, 2.05) is 0 Å². The highest BCUT2D eigenvalue weighted by molar-refractivity contribution is 5.74. The fourth-order valence-electron chi connectivity index (χ4n) is 3.73. The molecular formula is C22H23F3N2O4. The second-order valence-electron chi connectivity index (χ2n) is 7.40. The van der Waals surface area contributed by atoms with Gasteiger partial charge in [-0.2, -0.15) is 8.78 Å². The third kappa shape index (κ3) is 5.28. The Balaban J connectivity index is 1.78. The summed E-state index contributed by atoms with van der Waals surface area (Å²) in [5.41, 5.74) is 5.50. The minimum atomic E-state index is -2.92. The second kappa shape index (κ2) is 9.28. The Kier molecular flexibility index (Phi) is 6.72. The molecule has 1 aliphatic rings. The zero-order chi connectivity index (χ0) is 22.6. The van der Waals surface area contributed by atoms with Crippen molar-refractivity contribution in [2.24, 2.45) is 5.73 Å². The molecule has 0 aromatic heterocycles. The molecule has 2 aromatic rings. The van der Waals surface area contributed by atoms with E-state index in [0.29, 0.717) is 24.1 Å². The van der Waals surface area contributed by atoms with E-state index in [2.05, 4.69) is 4.74 Å². The van der Waals surface area contributed by atoms with Gasteiger partial charge in [0.15, 0.2) is 0 Å². The molecule has 31 heavy (non-hydrogen) atoms.